The van der Waals surface area contributed by atoms with Gasteiger partial charge < -0.3 is 14.4 Å². The molecule has 1 aromatic heterocycles. The molecular weight excluding hydrogens is 488 g/mol. The summed E-state index contributed by atoms with van der Waals surface area (Å²) in [5.74, 6) is 1.69. The maximum atomic E-state index is 12.8. The molecule has 1 aliphatic rings. The number of hydrogen-bond donors (Lipinski definition) is 0. The molecule has 0 aliphatic carbocycles. The average molecular weight is 512 g/mol. The Morgan fingerprint density at radius 1 is 1.09 bits per heavy atom. The van der Waals surface area contributed by atoms with Crippen molar-refractivity contribution in [1.82, 2.24) is 4.98 Å². The van der Waals surface area contributed by atoms with Crippen molar-refractivity contribution >= 4 is 40.6 Å². The maximum Gasteiger partial charge on any atom is 0.417 e. The third-order valence-corrected chi connectivity index (χ3v) is 5.89. The lowest BCUT2D eigenvalue weighted by Gasteiger charge is -2.37. The summed E-state index contributed by atoms with van der Waals surface area (Å²) in [6.07, 6.45) is -2.16. The molecule has 1 aromatic carbocycles. The van der Waals surface area contributed by atoms with Gasteiger partial charge in [-0.15, -0.1) is 0 Å². The highest BCUT2D eigenvalue weighted by atomic mass is 35.6. The Morgan fingerprint density at radius 2 is 1.81 bits per heavy atom. The van der Waals surface area contributed by atoms with Crippen molar-refractivity contribution in [1.29, 1.82) is 0 Å². The van der Waals surface area contributed by atoms with Gasteiger partial charge in [0.1, 0.15) is 11.9 Å². The van der Waals surface area contributed by atoms with Gasteiger partial charge in [0.15, 0.2) is 11.5 Å². The molecule has 0 bridgehead atoms. The molecule has 2 heterocycles. The van der Waals surface area contributed by atoms with E-state index in [0.717, 1.165) is 18.7 Å². The Hall–Kier alpha value is -1.57. The molecule has 10 heteroatoms. The van der Waals surface area contributed by atoms with Gasteiger partial charge in [-0.05, 0) is 30.7 Å². The van der Waals surface area contributed by atoms with Crippen molar-refractivity contribution in [3.63, 3.8) is 0 Å². The second-order valence-electron chi connectivity index (χ2n) is 7.78. The number of nitrogens with zero attached hydrogens (tertiary/aromatic N) is 2. The van der Waals surface area contributed by atoms with Crippen LogP contribution < -0.4 is 14.4 Å². The first-order valence-corrected chi connectivity index (χ1v) is 11.4. The number of ether oxygens (including phenoxy) is 2. The summed E-state index contributed by atoms with van der Waals surface area (Å²) in [5, 5.41) is 0. The van der Waals surface area contributed by atoms with Gasteiger partial charge in [-0.25, -0.2) is 4.98 Å². The Labute approximate surface area is 200 Å². The van der Waals surface area contributed by atoms with Crippen LogP contribution in [0.15, 0.2) is 36.5 Å². The Morgan fingerprint density at radius 3 is 2.38 bits per heavy atom. The number of benzene rings is 1. The van der Waals surface area contributed by atoms with Gasteiger partial charge in [-0.1, -0.05) is 54.7 Å². The van der Waals surface area contributed by atoms with E-state index in [1.54, 1.807) is 18.2 Å². The molecular formula is C22H24Cl3F3N2O2. The zero-order valence-corrected chi connectivity index (χ0v) is 19.9. The number of aromatic nitrogens is 1. The molecule has 3 rings (SSSR count). The largest absolute Gasteiger partial charge is 0.490 e. The van der Waals surface area contributed by atoms with E-state index in [4.69, 9.17) is 44.3 Å². The van der Waals surface area contributed by atoms with E-state index in [2.05, 4.69) is 4.98 Å². The monoisotopic (exact) mass is 510 g/mol. The highest BCUT2D eigenvalue weighted by molar-refractivity contribution is 6.66. The zero-order valence-electron chi connectivity index (χ0n) is 17.6. The minimum atomic E-state index is -4.40. The molecule has 1 aliphatic heterocycles. The lowest BCUT2D eigenvalue weighted by molar-refractivity contribution is -0.137. The Bertz CT molecular complexity index is 905. The minimum absolute atomic E-state index is 0.0970. The third kappa shape index (κ3) is 6.27. The fourth-order valence-electron chi connectivity index (χ4n) is 3.52. The van der Waals surface area contributed by atoms with Crippen molar-refractivity contribution < 1.29 is 22.6 Å². The van der Waals surface area contributed by atoms with E-state index >= 15 is 0 Å². The molecule has 0 saturated carbocycles. The van der Waals surface area contributed by atoms with Gasteiger partial charge in [0.25, 0.3) is 0 Å². The van der Waals surface area contributed by atoms with Crippen LogP contribution in [0.2, 0.25) is 0 Å². The van der Waals surface area contributed by atoms with Gasteiger partial charge >= 0.3 is 6.18 Å². The fourth-order valence-corrected chi connectivity index (χ4v) is 3.87. The van der Waals surface area contributed by atoms with Crippen LogP contribution in [0, 0.1) is 5.92 Å². The van der Waals surface area contributed by atoms with Crippen LogP contribution in [-0.2, 0) is 9.97 Å². The third-order valence-electron chi connectivity index (χ3n) is 5.24. The summed E-state index contributed by atoms with van der Waals surface area (Å²) >= 11 is 18.0. The normalized spacial score (nSPS) is 19.7. The van der Waals surface area contributed by atoms with Gasteiger partial charge in [0.05, 0.1) is 12.2 Å². The molecule has 1 fully saturated rings. The van der Waals surface area contributed by atoms with E-state index in [-0.39, 0.29) is 12.0 Å². The van der Waals surface area contributed by atoms with Gasteiger partial charge in [-0.2, -0.15) is 13.2 Å². The van der Waals surface area contributed by atoms with Gasteiger partial charge in [-0.3, -0.25) is 0 Å². The number of rotatable bonds is 6. The van der Waals surface area contributed by atoms with Crippen molar-refractivity contribution in [2.24, 2.45) is 5.92 Å². The molecule has 32 heavy (non-hydrogen) atoms. The summed E-state index contributed by atoms with van der Waals surface area (Å²) in [5.41, 5.74) is -0.275. The standard InChI is InChI=1S/C22H24Cl3F3N2O2/c1-3-10-31-19-11-15(21(23,24)25)4-6-18(19)32-17-8-9-30(13-14(17)2)20-7-5-16(12-29-20)22(26,27)28/h4-7,11-12,14,17H,3,8-10,13H2,1-2H3. The summed E-state index contributed by atoms with van der Waals surface area (Å²) < 4.78 is 48.8. The van der Waals surface area contributed by atoms with Crippen LogP contribution in [0.4, 0.5) is 19.0 Å². The molecule has 0 spiro atoms. The Kier molecular flexibility index (Phi) is 7.94. The van der Waals surface area contributed by atoms with Crippen LogP contribution in [0.3, 0.4) is 0 Å². The predicted octanol–water partition coefficient (Wildman–Crippen LogP) is 7.01. The molecule has 176 valence electrons. The van der Waals surface area contributed by atoms with Gasteiger partial charge in [0, 0.05) is 37.2 Å². The van der Waals surface area contributed by atoms with Crippen LogP contribution in [0.5, 0.6) is 11.5 Å². The summed E-state index contributed by atoms with van der Waals surface area (Å²) in [6.45, 7) is 5.72. The van der Waals surface area contributed by atoms with Gasteiger partial charge in [0.2, 0.25) is 3.79 Å². The smallest absolute Gasteiger partial charge is 0.417 e. The predicted molar refractivity (Wildman–Crippen MR) is 121 cm³/mol. The van der Waals surface area contributed by atoms with E-state index in [0.29, 0.717) is 49.0 Å². The molecule has 0 N–H and O–H groups in total. The summed E-state index contributed by atoms with van der Waals surface area (Å²) in [7, 11) is 0. The van der Waals surface area contributed by atoms with Crippen molar-refractivity contribution in [3.8, 4) is 11.5 Å². The fraction of sp³-hybridized carbons (Fsp3) is 0.500. The lowest BCUT2D eigenvalue weighted by atomic mass is 9.96. The molecule has 0 radical (unpaired) electrons. The SMILES string of the molecule is CCCOc1cc(C(Cl)(Cl)Cl)ccc1OC1CCN(c2ccc(C(F)(F)F)cn2)CC1C. The zero-order chi connectivity index (χ0) is 23.5. The number of pyridine rings is 1. The lowest BCUT2D eigenvalue weighted by Crippen LogP contribution is -2.44. The first kappa shape index (κ1) is 25.1. The van der Waals surface area contributed by atoms with Crippen LogP contribution in [0.1, 0.15) is 37.8 Å². The van der Waals surface area contributed by atoms with Crippen LogP contribution >= 0.6 is 34.8 Å². The molecule has 2 aromatic rings. The molecule has 0 amide bonds. The van der Waals surface area contributed by atoms with Crippen LogP contribution in [-0.4, -0.2) is 30.8 Å². The van der Waals surface area contributed by atoms with E-state index in [1.807, 2.05) is 18.7 Å². The van der Waals surface area contributed by atoms with Crippen molar-refractivity contribution in [2.45, 2.75) is 42.8 Å². The second kappa shape index (κ2) is 10.1. The molecule has 2 atom stereocenters. The van der Waals surface area contributed by atoms with Crippen LogP contribution in [0.25, 0.3) is 0 Å². The minimum Gasteiger partial charge on any atom is -0.490 e. The highest BCUT2D eigenvalue weighted by Crippen LogP contribution is 2.42. The van der Waals surface area contributed by atoms with E-state index in [1.165, 1.54) is 6.07 Å². The number of hydrogen-bond acceptors (Lipinski definition) is 4. The summed E-state index contributed by atoms with van der Waals surface area (Å²) in [6, 6.07) is 7.55. The molecule has 4 nitrogen and oxygen atoms in total. The summed E-state index contributed by atoms with van der Waals surface area (Å²) in [4.78, 5) is 5.96. The number of halogens is 6. The van der Waals surface area contributed by atoms with E-state index in [9.17, 15) is 13.2 Å². The number of piperidine rings is 1. The first-order chi connectivity index (χ1) is 15.0. The van der Waals surface area contributed by atoms with Crippen molar-refractivity contribution in [2.75, 3.05) is 24.6 Å². The quantitative estimate of drug-likeness (QED) is 0.391. The average Bonchev–Trinajstić information content (AvgIpc) is 2.73. The number of alkyl halides is 6. The van der Waals surface area contributed by atoms with E-state index < -0.39 is 15.5 Å². The topological polar surface area (TPSA) is 34.6 Å². The molecule has 1 saturated heterocycles. The van der Waals surface area contributed by atoms with Crippen molar-refractivity contribution in [3.05, 3.63) is 47.7 Å². The number of anilines is 1. The molecule has 2 unspecified atom stereocenters. The maximum absolute atomic E-state index is 12.8. The first-order valence-electron chi connectivity index (χ1n) is 10.3. The second-order valence-corrected chi connectivity index (χ2v) is 10.1. The Balaban J connectivity index is 1.69. The highest BCUT2D eigenvalue weighted by Gasteiger charge is 2.33.